The van der Waals surface area contributed by atoms with E-state index >= 15 is 0 Å². The lowest BCUT2D eigenvalue weighted by Crippen LogP contribution is -2.40. The molecule has 1 aromatic carbocycles. The molecule has 1 unspecified atom stereocenters. The van der Waals surface area contributed by atoms with E-state index in [0.29, 0.717) is 28.3 Å². The van der Waals surface area contributed by atoms with Crippen molar-refractivity contribution in [1.29, 1.82) is 0 Å². The van der Waals surface area contributed by atoms with Crippen LogP contribution in [0.5, 0.6) is 0 Å². The first kappa shape index (κ1) is 16.4. The fourth-order valence-corrected chi connectivity index (χ4v) is 4.78. The van der Waals surface area contributed by atoms with Gasteiger partial charge in [0.1, 0.15) is 10.7 Å². The third-order valence-electron chi connectivity index (χ3n) is 3.66. The smallest absolute Gasteiger partial charge is 0.207 e. The van der Waals surface area contributed by atoms with Crippen LogP contribution in [0, 0.1) is 11.7 Å². The molecule has 0 saturated carbocycles. The van der Waals surface area contributed by atoms with Gasteiger partial charge in [0.2, 0.25) is 10.0 Å². The highest BCUT2D eigenvalue weighted by Crippen LogP contribution is 2.29. The van der Waals surface area contributed by atoms with Crippen LogP contribution in [0.15, 0.2) is 27.6 Å². The number of sulfonamides is 1. The summed E-state index contributed by atoms with van der Waals surface area (Å²) in [6, 6.07) is 4.04. The molecule has 1 atom stereocenters. The molecule has 0 N–H and O–H groups in total. The molecule has 1 saturated heterocycles. The van der Waals surface area contributed by atoms with E-state index in [4.69, 9.17) is 0 Å². The van der Waals surface area contributed by atoms with Crippen molar-refractivity contribution in [2.75, 3.05) is 13.1 Å². The number of hydrogen-bond acceptors (Lipinski definition) is 2. The van der Waals surface area contributed by atoms with Crippen molar-refractivity contribution < 1.29 is 12.8 Å². The topological polar surface area (TPSA) is 37.4 Å². The Morgan fingerprint density at radius 1 is 1.35 bits per heavy atom. The molecule has 1 aromatic rings. The van der Waals surface area contributed by atoms with Crippen LogP contribution in [0.1, 0.15) is 19.8 Å². The zero-order chi connectivity index (χ0) is 14.9. The normalized spacial score (nSPS) is 20.0. The SMILES string of the molecule is CC(Br)C1CCN(S(=O)(=O)c2ccc(Br)cc2F)CC1. The highest BCUT2D eigenvalue weighted by molar-refractivity contribution is 9.10. The minimum atomic E-state index is -3.74. The molecule has 1 fully saturated rings. The van der Waals surface area contributed by atoms with E-state index in [2.05, 4.69) is 38.8 Å². The van der Waals surface area contributed by atoms with E-state index in [9.17, 15) is 12.8 Å². The van der Waals surface area contributed by atoms with Crippen molar-refractivity contribution in [3.63, 3.8) is 0 Å². The summed E-state index contributed by atoms with van der Waals surface area (Å²) in [6.45, 7) is 2.96. The molecule has 1 heterocycles. The van der Waals surface area contributed by atoms with Crippen LogP contribution in [0.4, 0.5) is 4.39 Å². The van der Waals surface area contributed by atoms with E-state index in [1.54, 1.807) is 6.07 Å². The first-order valence-electron chi connectivity index (χ1n) is 6.41. The Kier molecular flexibility index (Phi) is 5.26. The minimum absolute atomic E-state index is 0.244. The summed E-state index contributed by atoms with van der Waals surface area (Å²) < 4.78 is 40.7. The Hall–Kier alpha value is 0.0200. The van der Waals surface area contributed by atoms with Gasteiger partial charge < -0.3 is 0 Å². The standard InChI is InChI=1S/C13H16Br2FNO2S/c1-9(14)10-4-6-17(7-5-10)20(18,19)13-3-2-11(15)8-12(13)16/h2-3,8-10H,4-7H2,1H3. The van der Waals surface area contributed by atoms with Gasteiger partial charge in [-0.15, -0.1) is 0 Å². The lowest BCUT2D eigenvalue weighted by Gasteiger charge is -2.32. The van der Waals surface area contributed by atoms with Crippen molar-refractivity contribution >= 4 is 41.9 Å². The van der Waals surface area contributed by atoms with E-state index in [0.717, 1.165) is 12.8 Å². The summed E-state index contributed by atoms with van der Waals surface area (Å²) in [4.78, 5) is 0.128. The quantitative estimate of drug-likeness (QED) is 0.687. The van der Waals surface area contributed by atoms with E-state index < -0.39 is 15.8 Å². The van der Waals surface area contributed by atoms with Crippen LogP contribution in [-0.2, 0) is 10.0 Å². The molecule has 0 amide bonds. The average Bonchev–Trinajstić information content (AvgIpc) is 2.38. The van der Waals surface area contributed by atoms with Crippen LogP contribution in [0.25, 0.3) is 0 Å². The zero-order valence-corrected chi connectivity index (χ0v) is 15.0. The summed E-state index contributed by atoms with van der Waals surface area (Å²) in [7, 11) is -3.74. The molecule has 2 rings (SSSR count). The molecule has 1 aliphatic heterocycles. The Labute approximate surface area is 135 Å². The molecule has 7 heteroatoms. The molecule has 0 bridgehead atoms. The zero-order valence-electron chi connectivity index (χ0n) is 11.0. The maximum absolute atomic E-state index is 13.9. The van der Waals surface area contributed by atoms with Gasteiger partial charge in [-0.1, -0.05) is 38.8 Å². The number of nitrogens with zero attached hydrogens (tertiary/aromatic N) is 1. The Morgan fingerprint density at radius 3 is 2.45 bits per heavy atom. The number of halogens is 3. The number of benzene rings is 1. The second-order valence-corrected chi connectivity index (χ2v) is 9.26. The van der Waals surface area contributed by atoms with E-state index in [-0.39, 0.29) is 4.90 Å². The van der Waals surface area contributed by atoms with Gasteiger partial charge in [-0.2, -0.15) is 4.31 Å². The van der Waals surface area contributed by atoms with Gasteiger partial charge in [-0.25, -0.2) is 12.8 Å². The third kappa shape index (κ3) is 3.43. The number of rotatable bonds is 3. The van der Waals surface area contributed by atoms with Crippen LogP contribution >= 0.6 is 31.9 Å². The monoisotopic (exact) mass is 427 g/mol. The Morgan fingerprint density at radius 2 is 1.95 bits per heavy atom. The lowest BCUT2D eigenvalue weighted by atomic mass is 9.96. The van der Waals surface area contributed by atoms with Gasteiger partial charge in [0.05, 0.1) is 0 Å². The maximum atomic E-state index is 13.9. The second kappa shape index (κ2) is 6.42. The van der Waals surface area contributed by atoms with Crippen molar-refractivity contribution in [1.82, 2.24) is 4.31 Å². The molecule has 112 valence electrons. The van der Waals surface area contributed by atoms with Gasteiger partial charge in [0.25, 0.3) is 0 Å². The fraction of sp³-hybridized carbons (Fsp3) is 0.538. The number of alkyl halides is 1. The van der Waals surface area contributed by atoms with Gasteiger partial charge in [0, 0.05) is 22.4 Å². The number of hydrogen-bond donors (Lipinski definition) is 0. The second-order valence-electron chi connectivity index (χ2n) is 4.99. The minimum Gasteiger partial charge on any atom is -0.207 e. The molecular formula is C13H16Br2FNO2S. The molecule has 0 aromatic heterocycles. The molecule has 20 heavy (non-hydrogen) atoms. The highest BCUT2D eigenvalue weighted by atomic mass is 79.9. The van der Waals surface area contributed by atoms with Crippen LogP contribution in [0.2, 0.25) is 0 Å². The number of piperidine rings is 1. The highest BCUT2D eigenvalue weighted by Gasteiger charge is 2.32. The largest absolute Gasteiger partial charge is 0.245 e. The fourth-order valence-electron chi connectivity index (χ4n) is 2.40. The van der Waals surface area contributed by atoms with E-state index in [1.807, 2.05) is 0 Å². The molecule has 0 spiro atoms. The summed E-state index contributed by atoms with van der Waals surface area (Å²) in [5.74, 6) is -0.244. The van der Waals surface area contributed by atoms with Gasteiger partial charge >= 0.3 is 0 Å². The average molecular weight is 429 g/mol. The predicted octanol–water partition coefficient (Wildman–Crippen LogP) is 3.77. The van der Waals surface area contributed by atoms with Crippen molar-refractivity contribution in [2.45, 2.75) is 29.5 Å². The molecule has 3 nitrogen and oxygen atoms in total. The Balaban J connectivity index is 2.20. The van der Waals surface area contributed by atoms with Crippen LogP contribution in [0.3, 0.4) is 0 Å². The summed E-state index contributed by atoms with van der Waals surface area (Å²) in [5, 5.41) is 0. The van der Waals surface area contributed by atoms with E-state index in [1.165, 1.54) is 16.4 Å². The van der Waals surface area contributed by atoms with Gasteiger partial charge in [0.15, 0.2) is 0 Å². The Bertz CT molecular complexity index is 584. The summed E-state index contributed by atoms with van der Waals surface area (Å²) >= 11 is 6.67. The van der Waals surface area contributed by atoms with Gasteiger partial charge in [-0.05, 0) is 37.0 Å². The first-order chi connectivity index (χ1) is 9.32. The molecule has 1 aliphatic rings. The molecule has 0 aliphatic carbocycles. The molecular weight excluding hydrogens is 413 g/mol. The third-order valence-corrected chi connectivity index (χ3v) is 6.83. The lowest BCUT2D eigenvalue weighted by molar-refractivity contribution is 0.274. The molecule has 0 radical (unpaired) electrons. The van der Waals surface area contributed by atoms with Gasteiger partial charge in [-0.3, -0.25) is 0 Å². The van der Waals surface area contributed by atoms with Crippen molar-refractivity contribution in [3.05, 3.63) is 28.5 Å². The predicted molar refractivity (Wildman–Crippen MR) is 84.0 cm³/mol. The first-order valence-corrected chi connectivity index (χ1v) is 9.56. The van der Waals surface area contributed by atoms with Crippen LogP contribution < -0.4 is 0 Å². The van der Waals surface area contributed by atoms with Crippen molar-refractivity contribution in [3.8, 4) is 0 Å². The maximum Gasteiger partial charge on any atom is 0.245 e. The van der Waals surface area contributed by atoms with Crippen LogP contribution in [-0.4, -0.2) is 30.6 Å². The summed E-state index contributed by atoms with van der Waals surface area (Å²) in [5.41, 5.74) is 0. The van der Waals surface area contributed by atoms with Crippen molar-refractivity contribution in [2.24, 2.45) is 5.92 Å². The summed E-state index contributed by atoms with van der Waals surface area (Å²) in [6.07, 6.45) is 1.59.